The molecule has 0 unspecified atom stereocenters. The summed E-state index contributed by atoms with van der Waals surface area (Å²) in [7, 11) is 0. The van der Waals surface area contributed by atoms with E-state index in [2.05, 4.69) is 32.6 Å². The minimum absolute atomic E-state index is 0.188. The number of carbonyl (C=O) groups excluding carboxylic acids is 1. The van der Waals surface area contributed by atoms with E-state index in [4.69, 9.17) is 5.73 Å². The highest BCUT2D eigenvalue weighted by Crippen LogP contribution is 2.32. The number of nitrogens with two attached hydrogens (primary N) is 1. The van der Waals surface area contributed by atoms with Crippen molar-refractivity contribution in [3.8, 4) is 0 Å². The van der Waals surface area contributed by atoms with Crippen molar-refractivity contribution in [2.24, 2.45) is 29.4 Å². The zero-order valence-corrected chi connectivity index (χ0v) is 12.5. The molecule has 1 aliphatic carbocycles. The van der Waals surface area contributed by atoms with Crippen molar-refractivity contribution >= 4 is 5.91 Å². The molecule has 3 nitrogen and oxygen atoms in total. The molecule has 106 valence electrons. The summed E-state index contributed by atoms with van der Waals surface area (Å²) in [6.45, 7) is 11.1. The molecule has 0 aromatic heterocycles. The Balaban J connectivity index is 2.68. The van der Waals surface area contributed by atoms with Gasteiger partial charge in [0.15, 0.2) is 0 Å². The second kappa shape index (κ2) is 7.13. The average Bonchev–Trinajstić information content (AvgIpc) is 2.73. The average molecular weight is 254 g/mol. The highest BCUT2D eigenvalue weighted by atomic mass is 16.2. The Hall–Kier alpha value is -0.570. The van der Waals surface area contributed by atoms with E-state index in [1.165, 1.54) is 0 Å². The maximum atomic E-state index is 12.7. The molecule has 3 heteroatoms. The van der Waals surface area contributed by atoms with Gasteiger partial charge in [-0.2, -0.15) is 0 Å². The van der Waals surface area contributed by atoms with E-state index in [1.54, 1.807) is 0 Å². The lowest BCUT2D eigenvalue weighted by Crippen LogP contribution is -2.42. The Morgan fingerprint density at radius 2 is 1.72 bits per heavy atom. The van der Waals surface area contributed by atoms with E-state index in [1.807, 2.05) is 0 Å². The van der Waals surface area contributed by atoms with Crippen molar-refractivity contribution in [2.75, 3.05) is 19.6 Å². The fourth-order valence-corrected chi connectivity index (χ4v) is 3.01. The monoisotopic (exact) mass is 254 g/mol. The summed E-state index contributed by atoms with van der Waals surface area (Å²) in [6, 6.07) is 0. The molecule has 1 amide bonds. The highest BCUT2D eigenvalue weighted by Gasteiger charge is 2.34. The van der Waals surface area contributed by atoms with Crippen LogP contribution in [0.25, 0.3) is 0 Å². The van der Waals surface area contributed by atoms with Gasteiger partial charge in [0, 0.05) is 19.0 Å². The third-order valence-corrected chi connectivity index (χ3v) is 3.76. The molecule has 0 aromatic carbocycles. The number of hydrogen-bond donors (Lipinski definition) is 1. The quantitative estimate of drug-likeness (QED) is 0.791. The molecule has 0 heterocycles. The van der Waals surface area contributed by atoms with Gasteiger partial charge in [0.1, 0.15) is 0 Å². The Kier molecular flexibility index (Phi) is 6.13. The molecule has 2 atom stereocenters. The van der Waals surface area contributed by atoms with Crippen LogP contribution in [0.5, 0.6) is 0 Å². The molecule has 18 heavy (non-hydrogen) atoms. The van der Waals surface area contributed by atoms with Crippen LogP contribution in [0.1, 0.15) is 47.0 Å². The van der Waals surface area contributed by atoms with Gasteiger partial charge >= 0.3 is 0 Å². The van der Waals surface area contributed by atoms with E-state index >= 15 is 0 Å². The second-order valence-electron chi connectivity index (χ2n) is 6.56. The van der Waals surface area contributed by atoms with Crippen LogP contribution in [0.2, 0.25) is 0 Å². The van der Waals surface area contributed by atoms with Crippen LogP contribution in [0.15, 0.2) is 0 Å². The minimum atomic E-state index is 0.188. The van der Waals surface area contributed by atoms with E-state index in [-0.39, 0.29) is 5.92 Å². The third-order valence-electron chi connectivity index (χ3n) is 3.76. The number of rotatable bonds is 6. The first-order valence-electron chi connectivity index (χ1n) is 7.44. The molecule has 2 N–H and O–H groups in total. The summed E-state index contributed by atoms with van der Waals surface area (Å²) in [5.74, 6) is 2.02. The molecule has 0 radical (unpaired) electrons. The maximum Gasteiger partial charge on any atom is 0.226 e. The summed E-state index contributed by atoms with van der Waals surface area (Å²) in [4.78, 5) is 14.7. The number of carbonyl (C=O) groups is 1. The molecule has 1 aliphatic rings. The first-order valence-corrected chi connectivity index (χ1v) is 7.44. The van der Waals surface area contributed by atoms with Crippen LogP contribution < -0.4 is 5.73 Å². The van der Waals surface area contributed by atoms with Gasteiger partial charge in [0.25, 0.3) is 0 Å². The fourth-order valence-electron chi connectivity index (χ4n) is 3.01. The van der Waals surface area contributed by atoms with Gasteiger partial charge in [-0.1, -0.05) is 34.1 Å². The number of hydrogen-bond acceptors (Lipinski definition) is 2. The largest absolute Gasteiger partial charge is 0.342 e. The van der Waals surface area contributed by atoms with Gasteiger partial charge in [0.05, 0.1) is 0 Å². The highest BCUT2D eigenvalue weighted by molar-refractivity contribution is 5.79. The number of nitrogens with zero attached hydrogens (tertiary/aromatic N) is 1. The van der Waals surface area contributed by atoms with Crippen LogP contribution in [0.4, 0.5) is 0 Å². The Labute approximate surface area is 112 Å². The maximum absolute atomic E-state index is 12.7. The van der Waals surface area contributed by atoms with Crippen LogP contribution in [-0.2, 0) is 4.79 Å². The predicted octanol–water partition coefficient (Wildman–Crippen LogP) is 2.50. The van der Waals surface area contributed by atoms with Gasteiger partial charge in [-0.05, 0) is 37.1 Å². The van der Waals surface area contributed by atoms with E-state index in [9.17, 15) is 4.79 Å². The lowest BCUT2D eigenvalue weighted by molar-refractivity contribution is -0.137. The molecule has 1 fully saturated rings. The summed E-state index contributed by atoms with van der Waals surface area (Å²) < 4.78 is 0. The van der Waals surface area contributed by atoms with E-state index in [0.717, 1.165) is 32.4 Å². The van der Waals surface area contributed by atoms with Gasteiger partial charge in [-0.3, -0.25) is 4.79 Å². The lowest BCUT2D eigenvalue weighted by atomic mass is 9.94. The van der Waals surface area contributed by atoms with Gasteiger partial charge < -0.3 is 10.6 Å². The molecular formula is C15H30N2O. The minimum Gasteiger partial charge on any atom is -0.342 e. The SMILES string of the molecule is CC(C)CN(CC(C)C)C(=O)[C@@H]1CCC[C@@H]1CN. The van der Waals surface area contributed by atoms with Gasteiger partial charge in [0.2, 0.25) is 5.91 Å². The van der Waals surface area contributed by atoms with Crippen molar-refractivity contribution in [3.63, 3.8) is 0 Å². The Morgan fingerprint density at radius 1 is 1.17 bits per heavy atom. The second-order valence-corrected chi connectivity index (χ2v) is 6.56. The van der Waals surface area contributed by atoms with E-state index in [0.29, 0.717) is 30.2 Å². The normalized spacial score (nSPS) is 23.9. The van der Waals surface area contributed by atoms with Gasteiger partial charge in [-0.15, -0.1) is 0 Å². The Morgan fingerprint density at radius 3 is 2.17 bits per heavy atom. The molecular weight excluding hydrogens is 224 g/mol. The lowest BCUT2D eigenvalue weighted by Gasteiger charge is -2.30. The van der Waals surface area contributed by atoms with Crippen molar-refractivity contribution in [1.29, 1.82) is 0 Å². The van der Waals surface area contributed by atoms with Crippen LogP contribution in [0, 0.1) is 23.7 Å². The predicted molar refractivity (Wildman–Crippen MR) is 76.1 cm³/mol. The molecule has 0 aliphatic heterocycles. The molecule has 1 rings (SSSR count). The van der Waals surface area contributed by atoms with Crippen molar-refractivity contribution in [2.45, 2.75) is 47.0 Å². The zero-order chi connectivity index (χ0) is 13.7. The molecule has 0 aromatic rings. The summed E-state index contributed by atoms with van der Waals surface area (Å²) in [5, 5.41) is 0. The first kappa shape index (κ1) is 15.5. The first-order chi connectivity index (χ1) is 8.45. The Bertz CT molecular complexity index is 253. The topological polar surface area (TPSA) is 46.3 Å². The molecule has 0 bridgehead atoms. The van der Waals surface area contributed by atoms with Crippen LogP contribution in [-0.4, -0.2) is 30.4 Å². The van der Waals surface area contributed by atoms with E-state index < -0.39 is 0 Å². The molecule has 1 saturated carbocycles. The summed E-state index contributed by atoms with van der Waals surface area (Å²) in [6.07, 6.45) is 3.33. The van der Waals surface area contributed by atoms with Crippen LogP contribution >= 0.6 is 0 Å². The van der Waals surface area contributed by atoms with Crippen molar-refractivity contribution < 1.29 is 4.79 Å². The number of amides is 1. The summed E-state index contributed by atoms with van der Waals surface area (Å²) in [5.41, 5.74) is 5.79. The van der Waals surface area contributed by atoms with Gasteiger partial charge in [-0.25, -0.2) is 0 Å². The van der Waals surface area contributed by atoms with Crippen molar-refractivity contribution in [3.05, 3.63) is 0 Å². The summed E-state index contributed by atoms with van der Waals surface area (Å²) >= 11 is 0. The van der Waals surface area contributed by atoms with Crippen LogP contribution in [0.3, 0.4) is 0 Å². The van der Waals surface area contributed by atoms with Crippen molar-refractivity contribution in [1.82, 2.24) is 4.90 Å². The fraction of sp³-hybridized carbons (Fsp3) is 0.933. The third kappa shape index (κ3) is 4.27. The molecule has 0 saturated heterocycles. The zero-order valence-electron chi connectivity index (χ0n) is 12.5. The smallest absolute Gasteiger partial charge is 0.226 e. The standard InChI is InChI=1S/C15H30N2O/c1-11(2)9-17(10-12(3)4)15(18)14-7-5-6-13(14)8-16/h11-14H,5-10,16H2,1-4H3/t13-,14-/m1/s1. The molecule has 0 spiro atoms.